The van der Waals surface area contributed by atoms with E-state index in [1.807, 2.05) is 12.1 Å². The van der Waals surface area contributed by atoms with E-state index in [2.05, 4.69) is 6.07 Å². The van der Waals surface area contributed by atoms with Gasteiger partial charge in [0.25, 0.3) is 0 Å². The molecule has 0 radical (unpaired) electrons. The SMILES string of the molecule is COc1cccc2c1CCC(C(=O)O)C21CCC1. The molecule has 0 amide bonds. The normalized spacial score (nSPS) is 24.2. The molecule has 1 saturated carbocycles. The summed E-state index contributed by atoms with van der Waals surface area (Å²) in [5.74, 6) is 0.0663. The quantitative estimate of drug-likeness (QED) is 0.872. The summed E-state index contributed by atoms with van der Waals surface area (Å²) in [5, 5.41) is 9.46. The number of benzene rings is 1. The van der Waals surface area contributed by atoms with Crippen LogP contribution in [0.5, 0.6) is 5.75 Å². The predicted octanol–water partition coefficient (Wildman–Crippen LogP) is 2.76. The van der Waals surface area contributed by atoms with Gasteiger partial charge in [-0.1, -0.05) is 18.6 Å². The zero-order valence-corrected chi connectivity index (χ0v) is 10.6. The van der Waals surface area contributed by atoms with Gasteiger partial charge in [-0.25, -0.2) is 0 Å². The largest absolute Gasteiger partial charge is 0.496 e. The smallest absolute Gasteiger partial charge is 0.307 e. The Labute approximate surface area is 107 Å². The second-order valence-corrected chi connectivity index (χ2v) is 5.43. The maximum absolute atomic E-state index is 11.5. The Morgan fingerprint density at radius 2 is 2.22 bits per heavy atom. The molecule has 1 aromatic carbocycles. The van der Waals surface area contributed by atoms with Crippen molar-refractivity contribution in [3.63, 3.8) is 0 Å². The van der Waals surface area contributed by atoms with Crippen LogP contribution < -0.4 is 4.74 Å². The second-order valence-electron chi connectivity index (χ2n) is 5.43. The number of rotatable bonds is 2. The van der Waals surface area contributed by atoms with Crippen LogP contribution >= 0.6 is 0 Å². The van der Waals surface area contributed by atoms with Gasteiger partial charge in [0, 0.05) is 5.41 Å². The zero-order valence-electron chi connectivity index (χ0n) is 10.6. The van der Waals surface area contributed by atoms with Gasteiger partial charge in [-0.15, -0.1) is 0 Å². The average Bonchev–Trinajstić information content (AvgIpc) is 2.34. The number of hydrogen-bond acceptors (Lipinski definition) is 2. The van der Waals surface area contributed by atoms with E-state index < -0.39 is 5.97 Å². The van der Waals surface area contributed by atoms with Crippen molar-refractivity contribution in [1.82, 2.24) is 0 Å². The first kappa shape index (κ1) is 11.6. The van der Waals surface area contributed by atoms with E-state index in [1.165, 1.54) is 11.1 Å². The predicted molar refractivity (Wildman–Crippen MR) is 68.0 cm³/mol. The van der Waals surface area contributed by atoms with Gasteiger partial charge < -0.3 is 9.84 Å². The maximum Gasteiger partial charge on any atom is 0.307 e. The molecule has 1 atom stereocenters. The van der Waals surface area contributed by atoms with E-state index >= 15 is 0 Å². The van der Waals surface area contributed by atoms with Crippen LogP contribution in [-0.4, -0.2) is 18.2 Å². The molecule has 0 aromatic heterocycles. The highest BCUT2D eigenvalue weighted by Gasteiger charge is 2.51. The third-order valence-corrected chi connectivity index (χ3v) is 4.78. The highest BCUT2D eigenvalue weighted by molar-refractivity contribution is 5.74. The Kier molecular flexibility index (Phi) is 2.58. The molecule has 1 N–H and O–H groups in total. The molecule has 1 unspecified atom stereocenters. The van der Waals surface area contributed by atoms with Gasteiger partial charge in [-0.3, -0.25) is 4.79 Å². The number of hydrogen-bond donors (Lipinski definition) is 1. The lowest BCUT2D eigenvalue weighted by Gasteiger charge is -2.50. The fourth-order valence-electron chi connectivity index (χ4n) is 3.77. The van der Waals surface area contributed by atoms with Gasteiger partial charge >= 0.3 is 5.97 Å². The van der Waals surface area contributed by atoms with Gasteiger partial charge in [0.1, 0.15) is 5.75 Å². The summed E-state index contributed by atoms with van der Waals surface area (Å²) in [5.41, 5.74) is 2.34. The molecule has 2 aliphatic carbocycles. The lowest BCUT2D eigenvalue weighted by molar-refractivity contribution is -0.147. The van der Waals surface area contributed by atoms with Crippen molar-refractivity contribution in [1.29, 1.82) is 0 Å². The first-order valence-electron chi connectivity index (χ1n) is 6.58. The Morgan fingerprint density at radius 1 is 1.44 bits per heavy atom. The van der Waals surface area contributed by atoms with Crippen LogP contribution in [-0.2, 0) is 16.6 Å². The average molecular weight is 246 g/mol. The third kappa shape index (κ3) is 1.39. The molecule has 1 fully saturated rings. The molecule has 18 heavy (non-hydrogen) atoms. The molecule has 2 aliphatic rings. The summed E-state index contributed by atoms with van der Waals surface area (Å²) in [6.45, 7) is 0. The van der Waals surface area contributed by atoms with Crippen molar-refractivity contribution in [2.75, 3.05) is 7.11 Å². The molecule has 3 heteroatoms. The standard InChI is InChI=1S/C15H18O3/c1-18-13-5-2-4-11-10(13)6-7-12(14(16)17)15(11)8-3-9-15/h2,4-5,12H,3,6-9H2,1H3,(H,16,17). The van der Waals surface area contributed by atoms with Gasteiger partial charge in [-0.2, -0.15) is 0 Å². The minimum atomic E-state index is -0.636. The van der Waals surface area contributed by atoms with Crippen LogP contribution in [0.25, 0.3) is 0 Å². The first-order chi connectivity index (χ1) is 8.69. The molecule has 0 aliphatic heterocycles. The molecule has 0 heterocycles. The van der Waals surface area contributed by atoms with Crippen LogP contribution in [0.15, 0.2) is 18.2 Å². The van der Waals surface area contributed by atoms with Gasteiger partial charge in [-0.05, 0) is 42.9 Å². The molecule has 1 spiro atoms. The summed E-state index contributed by atoms with van der Waals surface area (Å²) >= 11 is 0. The van der Waals surface area contributed by atoms with E-state index in [0.29, 0.717) is 0 Å². The summed E-state index contributed by atoms with van der Waals surface area (Å²) < 4.78 is 5.42. The fraction of sp³-hybridized carbons (Fsp3) is 0.533. The van der Waals surface area contributed by atoms with Crippen molar-refractivity contribution < 1.29 is 14.6 Å². The van der Waals surface area contributed by atoms with Crippen LogP contribution in [0.2, 0.25) is 0 Å². The van der Waals surface area contributed by atoms with Crippen LogP contribution in [0.1, 0.15) is 36.8 Å². The van der Waals surface area contributed by atoms with Gasteiger partial charge in [0.2, 0.25) is 0 Å². The minimum absolute atomic E-state index is 0.117. The van der Waals surface area contributed by atoms with Crippen molar-refractivity contribution >= 4 is 5.97 Å². The monoisotopic (exact) mass is 246 g/mol. The Balaban J connectivity index is 2.12. The van der Waals surface area contributed by atoms with E-state index in [0.717, 1.165) is 37.9 Å². The van der Waals surface area contributed by atoms with Gasteiger partial charge in [0.05, 0.1) is 13.0 Å². The summed E-state index contributed by atoms with van der Waals surface area (Å²) in [6, 6.07) is 6.07. The van der Waals surface area contributed by atoms with Crippen LogP contribution in [0.4, 0.5) is 0 Å². The number of carboxylic acid groups (broad SMARTS) is 1. The Morgan fingerprint density at radius 3 is 2.78 bits per heavy atom. The lowest BCUT2D eigenvalue weighted by Crippen LogP contribution is -2.48. The van der Waals surface area contributed by atoms with Crippen molar-refractivity contribution in [3.05, 3.63) is 29.3 Å². The van der Waals surface area contributed by atoms with Crippen LogP contribution in [0, 0.1) is 5.92 Å². The Hall–Kier alpha value is -1.51. The zero-order chi connectivity index (χ0) is 12.8. The number of ether oxygens (including phenoxy) is 1. The first-order valence-corrected chi connectivity index (χ1v) is 6.58. The maximum atomic E-state index is 11.5. The van der Waals surface area contributed by atoms with Crippen LogP contribution in [0.3, 0.4) is 0 Å². The lowest BCUT2D eigenvalue weighted by atomic mass is 9.53. The number of carbonyl (C=O) groups is 1. The highest BCUT2D eigenvalue weighted by atomic mass is 16.5. The van der Waals surface area contributed by atoms with Gasteiger partial charge in [0.15, 0.2) is 0 Å². The molecule has 1 aromatic rings. The second kappa shape index (κ2) is 4.01. The fourth-order valence-corrected chi connectivity index (χ4v) is 3.77. The van der Waals surface area contributed by atoms with Crippen molar-refractivity contribution in [2.45, 2.75) is 37.5 Å². The highest BCUT2D eigenvalue weighted by Crippen LogP contribution is 2.55. The van der Waals surface area contributed by atoms with E-state index in [4.69, 9.17) is 4.74 Å². The Bertz CT molecular complexity index is 489. The van der Waals surface area contributed by atoms with E-state index in [1.54, 1.807) is 7.11 Å². The molecular formula is C15H18O3. The molecular weight excluding hydrogens is 228 g/mol. The molecule has 0 bridgehead atoms. The molecule has 0 saturated heterocycles. The number of fused-ring (bicyclic) bond motifs is 2. The topological polar surface area (TPSA) is 46.5 Å². The molecule has 3 nitrogen and oxygen atoms in total. The van der Waals surface area contributed by atoms with E-state index in [9.17, 15) is 9.90 Å². The summed E-state index contributed by atoms with van der Waals surface area (Å²) in [6.07, 6.45) is 4.70. The number of aliphatic carboxylic acids is 1. The summed E-state index contributed by atoms with van der Waals surface area (Å²) in [7, 11) is 1.69. The van der Waals surface area contributed by atoms with Crippen molar-refractivity contribution in [2.24, 2.45) is 5.92 Å². The van der Waals surface area contributed by atoms with E-state index in [-0.39, 0.29) is 11.3 Å². The third-order valence-electron chi connectivity index (χ3n) is 4.78. The molecule has 3 rings (SSSR count). The minimum Gasteiger partial charge on any atom is -0.496 e. The van der Waals surface area contributed by atoms with Crippen molar-refractivity contribution in [3.8, 4) is 5.75 Å². The molecule has 96 valence electrons. The number of carboxylic acids is 1. The number of methoxy groups -OCH3 is 1. The summed E-state index contributed by atoms with van der Waals surface area (Å²) in [4.78, 5) is 11.5.